The van der Waals surface area contributed by atoms with E-state index in [1.165, 1.54) is 38.5 Å². The van der Waals surface area contributed by atoms with Gasteiger partial charge in [0.25, 0.3) is 0 Å². The molecule has 1 saturated heterocycles. The molecule has 2 heteroatoms. The van der Waals surface area contributed by atoms with E-state index in [4.69, 9.17) is 0 Å². The van der Waals surface area contributed by atoms with E-state index < -0.39 is 0 Å². The van der Waals surface area contributed by atoms with E-state index in [2.05, 4.69) is 12.2 Å². The van der Waals surface area contributed by atoms with Crippen molar-refractivity contribution in [2.24, 2.45) is 5.92 Å². The molecule has 0 aromatic rings. The Bertz CT molecular complexity index is 183. The zero-order valence-electron chi connectivity index (χ0n) is 9.21. The average molecular weight is 197 g/mol. The highest BCUT2D eigenvalue weighted by atomic mass is 16.3. The Hall–Kier alpha value is -0.0800. The van der Waals surface area contributed by atoms with Crippen LogP contribution in [-0.2, 0) is 0 Å². The number of fused-ring (bicyclic) bond motifs is 1. The van der Waals surface area contributed by atoms with Gasteiger partial charge in [0.05, 0.1) is 6.10 Å². The number of aliphatic hydroxyl groups is 1. The summed E-state index contributed by atoms with van der Waals surface area (Å²) in [5, 5.41) is 13.6. The zero-order chi connectivity index (χ0) is 9.97. The molecule has 14 heavy (non-hydrogen) atoms. The minimum absolute atomic E-state index is 0.0242. The van der Waals surface area contributed by atoms with Gasteiger partial charge in [-0.1, -0.05) is 13.3 Å². The van der Waals surface area contributed by atoms with Crippen molar-refractivity contribution in [2.45, 2.75) is 70.1 Å². The third-order valence-corrected chi connectivity index (χ3v) is 3.96. The fourth-order valence-corrected chi connectivity index (χ4v) is 3.20. The predicted molar refractivity (Wildman–Crippen MR) is 58.2 cm³/mol. The van der Waals surface area contributed by atoms with Gasteiger partial charge < -0.3 is 10.4 Å². The summed E-state index contributed by atoms with van der Waals surface area (Å²) in [5.74, 6) is 0.553. The summed E-state index contributed by atoms with van der Waals surface area (Å²) in [7, 11) is 0. The van der Waals surface area contributed by atoms with Crippen LogP contribution in [0.15, 0.2) is 0 Å². The van der Waals surface area contributed by atoms with Crippen molar-refractivity contribution in [1.29, 1.82) is 0 Å². The molecule has 0 aromatic carbocycles. The summed E-state index contributed by atoms with van der Waals surface area (Å²) in [6.07, 6.45) is 8.58. The number of aliphatic hydroxyl groups excluding tert-OH is 1. The lowest BCUT2D eigenvalue weighted by Gasteiger charge is -2.43. The third kappa shape index (κ3) is 2.12. The topological polar surface area (TPSA) is 32.3 Å². The highest BCUT2D eigenvalue weighted by Gasteiger charge is 2.36. The Morgan fingerprint density at radius 1 is 1.21 bits per heavy atom. The minimum atomic E-state index is -0.0242. The Morgan fingerprint density at radius 2 is 2.07 bits per heavy atom. The van der Waals surface area contributed by atoms with Gasteiger partial charge in [0.1, 0.15) is 0 Å². The fourth-order valence-electron chi connectivity index (χ4n) is 3.20. The molecule has 1 aliphatic heterocycles. The van der Waals surface area contributed by atoms with Crippen LogP contribution in [0.1, 0.15) is 51.9 Å². The Labute approximate surface area is 87.1 Å². The summed E-state index contributed by atoms with van der Waals surface area (Å²) in [5.41, 5.74) is 0. The van der Waals surface area contributed by atoms with Gasteiger partial charge in [0.2, 0.25) is 0 Å². The Morgan fingerprint density at radius 3 is 2.86 bits per heavy atom. The van der Waals surface area contributed by atoms with Gasteiger partial charge in [-0.2, -0.15) is 0 Å². The number of hydrogen-bond donors (Lipinski definition) is 2. The molecule has 4 atom stereocenters. The molecule has 2 fully saturated rings. The first-order valence-electron chi connectivity index (χ1n) is 6.25. The van der Waals surface area contributed by atoms with Gasteiger partial charge in [-0.05, 0) is 38.5 Å². The van der Waals surface area contributed by atoms with Crippen molar-refractivity contribution in [3.63, 3.8) is 0 Å². The van der Waals surface area contributed by atoms with Gasteiger partial charge in [0, 0.05) is 18.0 Å². The van der Waals surface area contributed by atoms with E-state index in [1.807, 2.05) is 0 Å². The van der Waals surface area contributed by atoms with E-state index in [1.54, 1.807) is 0 Å². The first-order valence-corrected chi connectivity index (χ1v) is 6.25. The van der Waals surface area contributed by atoms with Crippen LogP contribution in [0, 0.1) is 5.92 Å². The maximum absolute atomic E-state index is 9.88. The molecule has 1 aliphatic carbocycles. The smallest absolute Gasteiger partial charge is 0.0583 e. The minimum Gasteiger partial charge on any atom is -0.393 e. The van der Waals surface area contributed by atoms with Gasteiger partial charge in [0.15, 0.2) is 0 Å². The van der Waals surface area contributed by atoms with Crippen LogP contribution >= 0.6 is 0 Å². The maximum atomic E-state index is 9.88. The molecular formula is C12H23NO. The van der Waals surface area contributed by atoms with Crippen LogP contribution in [0.5, 0.6) is 0 Å². The second-order valence-corrected chi connectivity index (χ2v) is 5.00. The summed E-state index contributed by atoms with van der Waals surface area (Å²) < 4.78 is 0. The molecule has 2 nitrogen and oxygen atoms in total. The molecule has 2 aliphatic rings. The van der Waals surface area contributed by atoms with Crippen LogP contribution in [0.25, 0.3) is 0 Å². The molecular weight excluding hydrogens is 174 g/mol. The second kappa shape index (κ2) is 4.63. The Kier molecular flexibility index (Phi) is 3.45. The first-order chi connectivity index (χ1) is 6.81. The largest absolute Gasteiger partial charge is 0.393 e. The quantitative estimate of drug-likeness (QED) is 0.710. The molecule has 0 aromatic heterocycles. The number of hydrogen-bond acceptors (Lipinski definition) is 2. The van der Waals surface area contributed by atoms with E-state index in [0.29, 0.717) is 12.0 Å². The van der Waals surface area contributed by atoms with Gasteiger partial charge in [-0.25, -0.2) is 0 Å². The molecule has 1 saturated carbocycles. The number of nitrogens with one attached hydrogen (secondary N) is 1. The monoisotopic (exact) mass is 197 g/mol. The van der Waals surface area contributed by atoms with E-state index >= 15 is 0 Å². The van der Waals surface area contributed by atoms with E-state index in [0.717, 1.165) is 12.5 Å². The van der Waals surface area contributed by atoms with E-state index in [-0.39, 0.29) is 6.10 Å². The van der Waals surface area contributed by atoms with Gasteiger partial charge in [-0.3, -0.25) is 0 Å². The number of rotatable bonds is 2. The molecule has 0 spiro atoms. The fraction of sp³-hybridized carbons (Fsp3) is 1.00. The lowest BCUT2D eigenvalue weighted by molar-refractivity contribution is 0.0204. The molecule has 82 valence electrons. The zero-order valence-corrected chi connectivity index (χ0v) is 9.21. The Balaban J connectivity index is 1.89. The summed E-state index contributed by atoms with van der Waals surface area (Å²) in [6.45, 7) is 2.25. The van der Waals surface area contributed by atoms with Gasteiger partial charge >= 0.3 is 0 Å². The average Bonchev–Trinajstić information content (AvgIpc) is 2.18. The summed E-state index contributed by atoms with van der Waals surface area (Å²) in [6, 6.07) is 1.34. The van der Waals surface area contributed by atoms with E-state index in [9.17, 15) is 5.11 Å². The van der Waals surface area contributed by atoms with Gasteiger partial charge in [-0.15, -0.1) is 0 Å². The standard InChI is InChI=1S/C12H23NO/c1-2-4-9-7-8-10-11(13-9)5-3-6-12(10)14/h9-14H,2-8H2,1H3/t9-,10+,11+,12-/m0/s1. The predicted octanol–water partition coefficient (Wildman–Crippen LogP) is 2.07. The second-order valence-electron chi connectivity index (χ2n) is 5.00. The van der Waals surface area contributed by atoms with Crippen molar-refractivity contribution in [1.82, 2.24) is 5.32 Å². The summed E-state index contributed by atoms with van der Waals surface area (Å²) in [4.78, 5) is 0. The molecule has 1 heterocycles. The van der Waals surface area contributed by atoms with Crippen LogP contribution < -0.4 is 5.32 Å². The lowest BCUT2D eigenvalue weighted by atomic mass is 9.75. The van der Waals surface area contributed by atoms with Crippen LogP contribution in [0.3, 0.4) is 0 Å². The highest BCUT2D eigenvalue weighted by molar-refractivity contribution is 4.92. The molecule has 0 amide bonds. The molecule has 0 radical (unpaired) electrons. The van der Waals surface area contributed by atoms with Crippen molar-refractivity contribution in [2.75, 3.05) is 0 Å². The lowest BCUT2D eigenvalue weighted by Crippen LogP contribution is -2.52. The molecule has 0 bridgehead atoms. The molecule has 0 unspecified atom stereocenters. The van der Waals surface area contributed by atoms with Crippen molar-refractivity contribution >= 4 is 0 Å². The summed E-state index contributed by atoms with van der Waals surface area (Å²) >= 11 is 0. The molecule has 2 rings (SSSR count). The third-order valence-electron chi connectivity index (χ3n) is 3.96. The first kappa shape index (κ1) is 10.4. The van der Waals surface area contributed by atoms with Crippen LogP contribution in [-0.4, -0.2) is 23.3 Å². The highest BCUT2D eigenvalue weighted by Crippen LogP contribution is 2.33. The number of piperidine rings is 1. The van der Waals surface area contributed by atoms with Crippen molar-refractivity contribution < 1.29 is 5.11 Å². The molecule has 2 N–H and O–H groups in total. The normalized spacial score (nSPS) is 43.3. The van der Waals surface area contributed by atoms with Crippen molar-refractivity contribution in [3.05, 3.63) is 0 Å². The maximum Gasteiger partial charge on any atom is 0.0583 e. The van der Waals surface area contributed by atoms with Crippen LogP contribution in [0.2, 0.25) is 0 Å². The van der Waals surface area contributed by atoms with Crippen LogP contribution in [0.4, 0.5) is 0 Å². The SMILES string of the molecule is CCC[C@H]1CC[C@H]2[C@@H](O)CCC[C@H]2N1. The van der Waals surface area contributed by atoms with Crippen molar-refractivity contribution in [3.8, 4) is 0 Å².